The second-order valence-corrected chi connectivity index (χ2v) is 6.41. The molecule has 1 aliphatic heterocycles. The smallest absolute Gasteiger partial charge is 0.423 e. The molecule has 7 nitrogen and oxygen atoms in total. The molecule has 0 bridgehead atoms. The first-order valence-electron chi connectivity index (χ1n) is 8.45. The van der Waals surface area contributed by atoms with Crippen LogP contribution in [0.4, 0.5) is 14.5 Å². The summed E-state index contributed by atoms with van der Waals surface area (Å²) in [5.41, 5.74) is 0.403. The lowest BCUT2D eigenvalue weighted by molar-refractivity contribution is -0.193. The van der Waals surface area contributed by atoms with Crippen LogP contribution in [0, 0.1) is 0 Å². The van der Waals surface area contributed by atoms with Gasteiger partial charge in [-0.3, -0.25) is 14.5 Å². The third-order valence-electron chi connectivity index (χ3n) is 4.47. The number of ether oxygens (including phenoxy) is 1. The largest absolute Gasteiger partial charge is 0.483 e. The zero-order valence-electron chi connectivity index (χ0n) is 14.6. The number of carbonyl (C=O) groups is 1. The molecule has 9 heteroatoms. The second kappa shape index (κ2) is 6.38. The van der Waals surface area contributed by atoms with Crippen LogP contribution in [0.1, 0.15) is 24.3 Å². The van der Waals surface area contributed by atoms with Crippen molar-refractivity contribution in [3.8, 4) is 5.75 Å². The standard InChI is InChI=1S/C19H15F2N3O4/c1-10(25)11-5-4-8-15-16(11)28-19(20,21)18(27)24(15)9-14-17(26)23-13-7-3-2-6-12(13)22-14/h2-8,10,25H,9H2,1H3,(H,23,26)/t10-/m0/s1. The number of H-pyrrole nitrogens is 1. The van der Waals surface area contributed by atoms with E-state index in [-0.39, 0.29) is 22.7 Å². The molecule has 0 saturated carbocycles. The molecule has 3 aromatic rings. The Labute approximate surface area is 157 Å². The lowest BCUT2D eigenvalue weighted by Crippen LogP contribution is -2.51. The number of rotatable bonds is 3. The molecule has 2 aromatic carbocycles. The number of aliphatic hydroxyl groups is 1. The summed E-state index contributed by atoms with van der Waals surface area (Å²) in [5, 5.41) is 9.86. The third-order valence-corrected chi connectivity index (χ3v) is 4.47. The molecule has 1 amide bonds. The van der Waals surface area contributed by atoms with Gasteiger partial charge in [-0.05, 0) is 25.1 Å². The average molecular weight is 387 g/mol. The van der Waals surface area contributed by atoms with Crippen LogP contribution in [0.2, 0.25) is 0 Å². The van der Waals surface area contributed by atoms with E-state index in [1.165, 1.54) is 25.1 Å². The number of nitrogens with zero attached hydrogens (tertiary/aromatic N) is 2. The Morgan fingerprint density at radius 2 is 1.96 bits per heavy atom. The molecule has 0 saturated heterocycles. The van der Waals surface area contributed by atoms with Crippen LogP contribution in [0.3, 0.4) is 0 Å². The summed E-state index contributed by atoms with van der Waals surface area (Å²) in [4.78, 5) is 32.2. The molecule has 0 fully saturated rings. The van der Waals surface area contributed by atoms with E-state index in [1.54, 1.807) is 24.3 Å². The highest BCUT2D eigenvalue weighted by Gasteiger charge is 2.51. The fourth-order valence-corrected chi connectivity index (χ4v) is 3.11. The predicted molar refractivity (Wildman–Crippen MR) is 96.2 cm³/mol. The van der Waals surface area contributed by atoms with Gasteiger partial charge in [0, 0.05) is 5.56 Å². The number of hydrogen-bond donors (Lipinski definition) is 2. The normalized spacial score (nSPS) is 16.6. The van der Waals surface area contributed by atoms with E-state index in [1.807, 2.05) is 0 Å². The number of nitrogens with one attached hydrogen (secondary N) is 1. The van der Waals surface area contributed by atoms with Crippen LogP contribution >= 0.6 is 0 Å². The number of anilines is 1. The van der Waals surface area contributed by atoms with Crippen molar-refractivity contribution in [1.29, 1.82) is 0 Å². The van der Waals surface area contributed by atoms with Crippen LogP contribution < -0.4 is 15.2 Å². The van der Waals surface area contributed by atoms with Crippen molar-refractivity contribution in [2.24, 2.45) is 0 Å². The van der Waals surface area contributed by atoms with Crippen molar-refractivity contribution in [3.05, 3.63) is 64.1 Å². The first-order chi connectivity index (χ1) is 13.3. The summed E-state index contributed by atoms with van der Waals surface area (Å²) >= 11 is 0. The highest BCUT2D eigenvalue weighted by atomic mass is 19.3. The van der Waals surface area contributed by atoms with E-state index in [4.69, 9.17) is 0 Å². The van der Waals surface area contributed by atoms with Crippen molar-refractivity contribution in [3.63, 3.8) is 0 Å². The Balaban J connectivity index is 1.84. The van der Waals surface area contributed by atoms with E-state index in [0.29, 0.717) is 11.0 Å². The number of para-hydroxylation sites is 3. The highest BCUT2D eigenvalue weighted by molar-refractivity contribution is 6.01. The number of fused-ring (bicyclic) bond motifs is 2. The summed E-state index contributed by atoms with van der Waals surface area (Å²) in [6, 6.07) is 11.1. The van der Waals surface area contributed by atoms with Gasteiger partial charge < -0.3 is 14.8 Å². The molecule has 2 N–H and O–H groups in total. The molecular weight excluding hydrogens is 372 g/mol. The topological polar surface area (TPSA) is 95.5 Å². The number of hydrogen-bond acceptors (Lipinski definition) is 5. The molecule has 4 rings (SSSR count). The minimum absolute atomic E-state index is 0.0312. The fraction of sp³-hybridized carbons (Fsp3) is 0.211. The van der Waals surface area contributed by atoms with Gasteiger partial charge in [-0.15, -0.1) is 0 Å². The van der Waals surface area contributed by atoms with Crippen LogP contribution in [-0.2, 0) is 11.3 Å². The van der Waals surface area contributed by atoms with E-state index in [0.717, 1.165) is 4.90 Å². The first-order valence-corrected chi connectivity index (χ1v) is 8.45. The van der Waals surface area contributed by atoms with Gasteiger partial charge in [0.2, 0.25) is 0 Å². The number of alkyl halides is 2. The molecule has 1 atom stereocenters. The van der Waals surface area contributed by atoms with Gasteiger partial charge in [0.15, 0.2) is 5.75 Å². The zero-order chi connectivity index (χ0) is 20.1. The maximum absolute atomic E-state index is 14.2. The number of aliphatic hydroxyl groups excluding tert-OH is 1. The summed E-state index contributed by atoms with van der Waals surface area (Å²) < 4.78 is 33.1. The lowest BCUT2D eigenvalue weighted by atomic mass is 10.1. The summed E-state index contributed by atoms with van der Waals surface area (Å²) in [6.45, 7) is 0.918. The highest BCUT2D eigenvalue weighted by Crippen LogP contribution is 2.43. The Morgan fingerprint density at radius 3 is 2.71 bits per heavy atom. The number of aromatic nitrogens is 2. The molecule has 0 aliphatic carbocycles. The van der Waals surface area contributed by atoms with Crippen LogP contribution in [0.25, 0.3) is 11.0 Å². The van der Waals surface area contributed by atoms with Gasteiger partial charge in [-0.2, -0.15) is 8.78 Å². The summed E-state index contributed by atoms with van der Waals surface area (Å²) in [6.07, 6.45) is -5.23. The maximum atomic E-state index is 14.2. The van der Waals surface area contributed by atoms with Crippen LogP contribution in [0.15, 0.2) is 47.3 Å². The monoisotopic (exact) mass is 387 g/mol. The second-order valence-electron chi connectivity index (χ2n) is 6.41. The van der Waals surface area contributed by atoms with Crippen LogP contribution in [-0.4, -0.2) is 27.1 Å². The molecule has 28 heavy (non-hydrogen) atoms. The Bertz CT molecular complexity index is 1140. The first kappa shape index (κ1) is 18.1. The minimum Gasteiger partial charge on any atom is -0.423 e. The van der Waals surface area contributed by atoms with E-state index < -0.39 is 30.2 Å². The quantitative estimate of drug-likeness (QED) is 0.720. The Hall–Kier alpha value is -3.33. The van der Waals surface area contributed by atoms with Gasteiger partial charge in [-0.1, -0.05) is 24.3 Å². The summed E-state index contributed by atoms with van der Waals surface area (Å²) in [5.74, 6) is -1.92. The minimum atomic E-state index is -4.14. The molecule has 1 aliphatic rings. The van der Waals surface area contributed by atoms with Crippen molar-refractivity contribution < 1.29 is 23.4 Å². The van der Waals surface area contributed by atoms with E-state index >= 15 is 0 Å². The summed E-state index contributed by atoms with van der Waals surface area (Å²) in [7, 11) is 0. The molecule has 0 radical (unpaired) electrons. The van der Waals surface area contributed by atoms with Crippen LogP contribution in [0.5, 0.6) is 5.75 Å². The predicted octanol–water partition coefficient (Wildman–Crippen LogP) is 2.49. The number of aromatic amines is 1. The van der Waals surface area contributed by atoms with Gasteiger partial charge in [0.25, 0.3) is 5.56 Å². The van der Waals surface area contributed by atoms with Gasteiger partial charge in [0.1, 0.15) is 5.69 Å². The lowest BCUT2D eigenvalue weighted by Gasteiger charge is -2.34. The zero-order valence-corrected chi connectivity index (χ0v) is 14.6. The Kier molecular flexibility index (Phi) is 4.11. The Morgan fingerprint density at radius 1 is 1.21 bits per heavy atom. The number of benzene rings is 2. The number of amides is 1. The molecular formula is C19H15F2N3O4. The third kappa shape index (κ3) is 2.89. The number of carbonyl (C=O) groups excluding carboxylic acids is 1. The molecule has 144 valence electrons. The van der Waals surface area contributed by atoms with Gasteiger partial charge >= 0.3 is 12.0 Å². The SMILES string of the molecule is C[C@H](O)c1cccc2c1OC(F)(F)C(=O)N2Cc1nc2ccccc2[nH]c1=O. The molecule has 0 unspecified atom stereocenters. The molecule has 2 heterocycles. The van der Waals surface area contributed by atoms with Crippen molar-refractivity contribution in [1.82, 2.24) is 9.97 Å². The average Bonchev–Trinajstić information content (AvgIpc) is 2.65. The van der Waals surface area contributed by atoms with Crippen molar-refractivity contribution in [2.45, 2.75) is 25.7 Å². The van der Waals surface area contributed by atoms with Gasteiger partial charge in [0.05, 0.1) is 29.4 Å². The van der Waals surface area contributed by atoms with Gasteiger partial charge in [-0.25, -0.2) is 4.98 Å². The van der Waals surface area contributed by atoms with E-state index in [9.17, 15) is 23.5 Å². The van der Waals surface area contributed by atoms with Crippen molar-refractivity contribution >= 4 is 22.6 Å². The number of halogens is 2. The van der Waals surface area contributed by atoms with Crippen molar-refractivity contribution in [2.75, 3.05) is 4.90 Å². The molecule has 0 spiro atoms. The molecule has 1 aromatic heterocycles. The fourth-order valence-electron chi connectivity index (χ4n) is 3.11. The van der Waals surface area contributed by atoms with E-state index in [2.05, 4.69) is 14.7 Å². The maximum Gasteiger partial charge on any atom is 0.483 e.